The molecule has 0 aliphatic rings. The van der Waals surface area contributed by atoms with E-state index < -0.39 is 17.2 Å². The maximum atomic E-state index is 12.8. The Morgan fingerprint density at radius 1 is 1.42 bits per heavy atom. The zero-order chi connectivity index (χ0) is 9.14. The van der Waals surface area contributed by atoms with Crippen molar-refractivity contribution in [2.24, 2.45) is 0 Å². The molecule has 0 spiro atoms. The Bertz CT molecular complexity index is 368. The molecule has 0 saturated carbocycles. The summed E-state index contributed by atoms with van der Waals surface area (Å²) in [5, 5.41) is 0. The summed E-state index contributed by atoms with van der Waals surface area (Å²) in [5.74, 6) is -2.05. The Morgan fingerprint density at radius 3 is 2.58 bits per heavy atom. The van der Waals surface area contributed by atoms with Crippen LogP contribution in [-0.2, 0) is 0 Å². The summed E-state index contributed by atoms with van der Waals surface area (Å²) in [6.45, 7) is 6.47. The second-order valence-electron chi connectivity index (χ2n) is 2.02. The van der Waals surface area contributed by atoms with Gasteiger partial charge in [-0.05, 0) is 6.07 Å². The van der Waals surface area contributed by atoms with E-state index in [0.29, 0.717) is 0 Å². The zero-order valence-electron chi connectivity index (χ0n) is 5.84. The van der Waals surface area contributed by atoms with Crippen molar-refractivity contribution < 1.29 is 13.6 Å². The van der Waals surface area contributed by atoms with Crippen LogP contribution in [0.5, 0.6) is 0 Å². The highest BCUT2D eigenvalue weighted by Gasteiger charge is 2.11. The third-order valence-electron chi connectivity index (χ3n) is 1.34. The van der Waals surface area contributed by atoms with E-state index in [1.54, 1.807) is 0 Å². The van der Waals surface area contributed by atoms with Crippen molar-refractivity contribution >= 4 is 12.0 Å². The van der Waals surface area contributed by atoms with E-state index in [0.717, 1.165) is 12.1 Å². The smallest absolute Gasteiger partial charge is 0.223 e. The number of nitrogens with zero attached hydrogens (tertiary/aromatic N) is 1. The molecule has 12 heavy (non-hydrogen) atoms. The first-order valence-corrected chi connectivity index (χ1v) is 3.01. The normalized spacial score (nSPS) is 9.08. The molecular weight excluding hydrogens is 164 g/mol. The molecule has 0 aliphatic carbocycles. The van der Waals surface area contributed by atoms with Crippen LogP contribution in [0.25, 0.3) is 4.85 Å². The Hall–Kier alpha value is -1.76. The van der Waals surface area contributed by atoms with E-state index in [4.69, 9.17) is 6.57 Å². The molecular formula is C8H3F2NO. The van der Waals surface area contributed by atoms with Crippen molar-refractivity contribution in [1.29, 1.82) is 0 Å². The number of carbonyl (C=O) groups is 1. The van der Waals surface area contributed by atoms with Crippen molar-refractivity contribution in [2.45, 2.75) is 0 Å². The number of rotatable bonds is 1. The fourth-order valence-corrected chi connectivity index (χ4v) is 0.752. The number of halogens is 2. The van der Waals surface area contributed by atoms with Gasteiger partial charge in [-0.3, -0.25) is 4.79 Å². The lowest BCUT2D eigenvalue weighted by atomic mass is 10.2. The minimum atomic E-state index is -1.10. The first kappa shape index (κ1) is 8.34. The largest absolute Gasteiger partial charge is 0.298 e. The predicted molar refractivity (Wildman–Crippen MR) is 38.0 cm³/mol. The lowest BCUT2D eigenvalue weighted by Crippen LogP contribution is -1.92. The molecule has 60 valence electrons. The minimum Gasteiger partial charge on any atom is -0.298 e. The summed E-state index contributed by atoms with van der Waals surface area (Å²) < 4.78 is 25.4. The Balaban J connectivity index is 3.46. The molecule has 0 fully saturated rings. The van der Waals surface area contributed by atoms with Gasteiger partial charge in [-0.25, -0.2) is 13.6 Å². The fourth-order valence-electron chi connectivity index (χ4n) is 0.752. The fraction of sp³-hybridized carbons (Fsp3) is 0. The number of hydrogen-bond donors (Lipinski definition) is 0. The SMILES string of the molecule is [C-]#[N+]c1ccc(F)c(C=O)c1F. The van der Waals surface area contributed by atoms with Crippen molar-refractivity contribution in [2.75, 3.05) is 0 Å². The van der Waals surface area contributed by atoms with Crippen molar-refractivity contribution in [1.82, 2.24) is 0 Å². The quantitative estimate of drug-likeness (QED) is 0.464. The Labute approximate surface area is 67.3 Å². The average molecular weight is 167 g/mol. The maximum Gasteiger partial charge on any atom is 0.223 e. The Kier molecular flexibility index (Phi) is 2.15. The van der Waals surface area contributed by atoms with Gasteiger partial charge in [0.2, 0.25) is 5.69 Å². The predicted octanol–water partition coefficient (Wildman–Crippen LogP) is 2.33. The first-order valence-electron chi connectivity index (χ1n) is 3.01. The van der Waals surface area contributed by atoms with E-state index in [9.17, 15) is 13.6 Å². The van der Waals surface area contributed by atoms with Gasteiger partial charge in [-0.2, -0.15) is 0 Å². The molecule has 0 bridgehead atoms. The van der Waals surface area contributed by atoms with Gasteiger partial charge in [0.1, 0.15) is 11.6 Å². The van der Waals surface area contributed by atoms with Gasteiger partial charge in [-0.15, -0.1) is 0 Å². The molecule has 0 amide bonds. The highest BCUT2D eigenvalue weighted by atomic mass is 19.1. The van der Waals surface area contributed by atoms with Gasteiger partial charge in [0.05, 0.1) is 12.1 Å². The number of carbonyl (C=O) groups excluding carboxylic acids is 1. The molecule has 2 nitrogen and oxygen atoms in total. The molecule has 4 heteroatoms. The maximum absolute atomic E-state index is 12.8. The summed E-state index contributed by atoms with van der Waals surface area (Å²) in [4.78, 5) is 12.9. The monoisotopic (exact) mass is 167 g/mol. The third-order valence-corrected chi connectivity index (χ3v) is 1.34. The minimum absolute atomic E-state index is 0.0549. The molecule has 0 unspecified atom stereocenters. The van der Waals surface area contributed by atoms with Crippen LogP contribution in [0.1, 0.15) is 10.4 Å². The van der Waals surface area contributed by atoms with Crippen LogP contribution in [0.3, 0.4) is 0 Å². The molecule has 0 aliphatic heterocycles. The average Bonchev–Trinajstić information content (AvgIpc) is 2.06. The summed E-state index contributed by atoms with van der Waals surface area (Å²) >= 11 is 0. The Morgan fingerprint density at radius 2 is 2.08 bits per heavy atom. The second kappa shape index (κ2) is 3.09. The summed E-state index contributed by atoms with van der Waals surface area (Å²) in [6, 6.07) is 1.88. The van der Waals surface area contributed by atoms with Gasteiger partial charge in [0, 0.05) is 0 Å². The van der Waals surface area contributed by atoms with Crippen LogP contribution in [0.2, 0.25) is 0 Å². The lowest BCUT2D eigenvalue weighted by molar-refractivity contribution is 0.111. The highest BCUT2D eigenvalue weighted by Crippen LogP contribution is 2.21. The van der Waals surface area contributed by atoms with E-state index in [1.165, 1.54) is 0 Å². The molecule has 1 rings (SSSR count). The first-order chi connectivity index (χ1) is 5.70. The lowest BCUT2D eigenvalue weighted by Gasteiger charge is -1.97. The molecule has 1 aromatic carbocycles. The van der Waals surface area contributed by atoms with Crippen LogP contribution < -0.4 is 0 Å². The van der Waals surface area contributed by atoms with E-state index in [-0.39, 0.29) is 12.0 Å². The van der Waals surface area contributed by atoms with E-state index >= 15 is 0 Å². The summed E-state index contributed by atoms with van der Waals surface area (Å²) in [7, 11) is 0. The summed E-state index contributed by atoms with van der Waals surface area (Å²) in [6.07, 6.45) is 0.0549. The van der Waals surface area contributed by atoms with Gasteiger partial charge >= 0.3 is 0 Å². The standard InChI is InChI=1S/C8H3F2NO/c1-11-7-3-2-6(9)5(4-12)8(7)10/h2-4H. The number of benzene rings is 1. The summed E-state index contributed by atoms with van der Waals surface area (Å²) in [5.41, 5.74) is -1.04. The highest BCUT2D eigenvalue weighted by molar-refractivity contribution is 5.78. The van der Waals surface area contributed by atoms with Crippen LogP contribution >= 0.6 is 0 Å². The van der Waals surface area contributed by atoms with Crippen molar-refractivity contribution in [3.05, 3.63) is 40.7 Å². The van der Waals surface area contributed by atoms with Gasteiger partial charge in [0.15, 0.2) is 6.29 Å². The zero-order valence-corrected chi connectivity index (χ0v) is 5.84. The molecule has 0 heterocycles. The van der Waals surface area contributed by atoms with Crippen molar-refractivity contribution in [3.63, 3.8) is 0 Å². The number of hydrogen-bond acceptors (Lipinski definition) is 1. The molecule has 0 atom stereocenters. The van der Waals surface area contributed by atoms with Crippen LogP contribution in [0, 0.1) is 18.2 Å². The van der Waals surface area contributed by atoms with Crippen LogP contribution in [0.4, 0.5) is 14.5 Å². The van der Waals surface area contributed by atoms with Gasteiger partial charge in [0.25, 0.3) is 0 Å². The van der Waals surface area contributed by atoms with E-state index in [1.807, 2.05) is 0 Å². The molecule has 0 radical (unpaired) electrons. The third kappa shape index (κ3) is 1.17. The van der Waals surface area contributed by atoms with E-state index in [2.05, 4.69) is 4.85 Å². The van der Waals surface area contributed by atoms with Crippen LogP contribution in [0.15, 0.2) is 12.1 Å². The van der Waals surface area contributed by atoms with Crippen molar-refractivity contribution in [3.8, 4) is 0 Å². The number of aldehydes is 1. The van der Waals surface area contributed by atoms with Crippen LogP contribution in [-0.4, -0.2) is 6.29 Å². The topological polar surface area (TPSA) is 21.4 Å². The molecule has 0 saturated heterocycles. The van der Waals surface area contributed by atoms with Gasteiger partial charge in [-0.1, -0.05) is 6.07 Å². The molecule has 0 N–H and O–H groups in total. The van der Waals surface area contributed by atoms with Gasteiger partial charge < -0.3 is 0 Å². The molecule has 0 aromatic heterocycles. The molecule has 1 aromatic rings. The second-order valence-corrected chi connectivity index (χ2v) is 2.02.